The Morgan fingerprint density at radius 1 is 1.45 bits per heavy atom. The van der Waals surface area contributed by atoms with E-state index in [-0.39, 0.29) is 11.8 Å². The predicted molar refractivity (Wildman–Crippen MR) is 78.7 cm³/mol. The molecule has 0 fully saturated rings. The summed E-state index contributed by atoms with van der Waals surface area (Å²) in [5, 5.41) is 3.86. The molecule has 1 N–H and O–H groups in total. The van der Waals surface area contributed by atoms with E-state index in [2.05, 4.69) is 10.3 Å². The first-order chi connectivity index (χ1) is 9.65. The number of carbonyl (C=O) groups is 1. The summed E-state index contributed by atoms with van der Waals surface area (Å²) in [6.07, 6.45) is 0. The number of benzene rings is 1. The first kappa shape index (κ1) is 13.7. The lowest BCUT2D eigenvalue weighted by Gasteiger charge is -2.09. The number of aromatic nitrogens is 1. The fourth-order valence-electron chi connectivity index (χ4n) is 1.98. The molecule has 0 saturated heterocycles. The maximum Gasteiger partial charge on any atom is 0.232 e. The van der Waals surface area contributed by atoms with Gasteiger partial charge in [-0.25, -0.2) is 4.98 Å². The molecule has 0 saturated carbocycles. The molecule has 2 aromatic rings. The molecule has 3 rings (SSSR count). The highest BCUT2D eigenvalue weighted by Gasteiger charge is 2.32. The number of nitrogens with one attached hydrogen (secondary N) is 1. The summed E-state index contributed by atoms with van der Waals surface area (Å²) in [5.41, 5.74) is 2.58. The SMILES string of the molecule is O=C(NCc1ccc(Cl)c(Cl)c1)C1COc2ncsc21. The van der Waals surface area contributed by atoms with Gasteiger partial charge in [0.15, 0.2) is 0 Å². The van der Waals surface area contributed by atoms with E-state index in [1.807, 2.05) is 6.07 Å². The number of thiazole rings is 1. The molecule has 0 aliphatic carbocycles. The van der Waals surface area contributed by atoms with Crippen molar-refractivity contribution in [1.29, 1.82) is 0 Å². The number of halogens is 2. The van der Waals surface area contributed by atoms with Crippen molar-refractivity contribution in [3.8, 4) is 5.88 Å². The lowest BCUT2D eigenvalue weighted by molar-refractivity contribution is -0.122. The van der Waals surface area contributed by atoms with Crippen LogP contribution in [0.4, 0.5) is 0 Å². The Hall–Kier alpha value is -1.30. The van der Waals surface area contributed by atoms with E-state index >= 15 is 0 Å². The van der Waals surface area contributed by atoms with Crippen molar-refractivity contribution in [3.05, 3.63) is 44.2 Å². The average Bonchev–Trinajstić information content (AvgIpc) is 3.02. The van der Waals surface area contributed by atoms with Crippen LogP contribution in [0.2, 0.25) is 10.0 Å². The quantitative estimate of drug-likeness (QED) is 0.940. The van der Waals surface area contributed by atoms with Crippen LogP contribution in [0, 0.1) is 0 Å². The van der Waals surface area contributed by atoms with Crippen LogP contribution in [0.15, 0.2) is 23.7 Å². The summed E-state index contributed by atoms with van der Waals surface area (Å²) in [6.45, 7) is 0.753. The highest BCUT2D eigenvalue weighted by Crippen LogP contribution is 2.36. The zero-order chi connectivity index (χ0) is 14.1. The maximum absolute atomic E-state index is 12.2. The highest BCUT2D eigenvalue weighted by molar-refractivity contribution is 7.10. The Bertz CT molecular complexity index is 660. The predicted octanol–water partition coefficient (Wildman–Crippen LogP) is 3.24. The number of carbonyl (C=O) groups excluding carboxylic acids is 1. The molecular formula is C13H10Cl2N2O2S. The van der Waals surface area contributed by atoms with E-state index in [9.17, 15) is 4.79 Å². The lowest BCUT2D eigenvalue weighted by Crippen LogP contribution is -2.29. The molecule has 1 unspecified atom stereocenters. The van der Waals surface area contributed by atoms with Crippen molar-refractivity contribution in [2.24, 2.45) is 0 Å². The number of rotatable bonds is 3. The summed E-state index contributed by atoms with van der Waals surface area (Å²) < 4.78 is 5.36. The van der Waals surface area contributed by atoms with Crippen LogP contribution in [0.1, 0.15) is 16.4 Å². The van der Waals surface area contributed by atoms with Crippen molar-refractivity contribution >= 4 is 40.4 Å². The lowest BCUT2D eigenvalue weighted by atomic mass is 10.1. The minimum atomic E-state index is -0.278. The summed E-state index contributed by atoms with van der Waals surface area (Å²) >= 11 is 13.2. The van der Waals surface area contributed by atoms with Crippen LogP contribution in [0.25, 0.3) is 0 Å². The van der Waals surface area contributed by atoms with Crippen LogP contribution in [-0.4, -0.2) is 17.5 Å². The second kappa shape index (κ2) is 5.60. The summed E-state index contributed by atoms with van der Waals surface area (Å²) in [4.78, 5) is 17.1. The van der Waals surface area contributed by atoms with E-state index in [0.717, 1.165) is 10.4 Å². The molecule has 1 aromatic carbocycles. The molecule has 104 valence electrons. The van der Waals surface area contributed by atoms with Gasteiger partial charge >= 0.3 is 0 Å². The molecule has 2 heterocycles. The second-order valence-electron chi connectivity index (χ2n) is 4.35. The number of nitrogens with zero attached hydrogens (tertiary/aromatic N) is 1. The number of ether oxygens (including phenoxy) is 1. The summed E-state index contributed by atoms with van der Waals surface area (Å²) in [6, 6.07) is 5.29. The minimum Gasteiger partial charge on any atom is -0.476 e. The van der Waals surface area contributed by atoms with E-state index in [1.165, 1.54) is 11.3 Å². The van der Waals surface area contributed by atoms with Crippen LogP contribution in [0.5, 0.6) is 5.88 Å². The van der Waals surface area contributed by atoms with Gasteiger partial charge in [-0.15, -0.1) is 11.3 Å². The second-order valence-corrected chi connectivity index (χ2v) is 6.05. The largest absolute Gasteiger partial charge is 0.476 e. The molecule has 7 heteroatoms. The van der Waals surface area contributed by atoms with Gasteiger partial charge in [-0.3, -0.25) is 4.79 Å². The summed E-state index contributed by atoms with van der Waals surface area (Å²) in [7, 11) is 0. The van der Waals surface area contributed by atoms with Gasteiger partial charge in [0.2, 0.25) is 11.8 Å². The molecule has 0 radical (unpaired) electrons. The van der Waals surface area contributed by atoms with Gasteiger partial charge in [0.05, 0.1) is 20.4 Å². The number of hydrogen-bond donors (Lipinski definition) is 1. The smallest absolute Gasteiger partial charge is 0.232 e. The zero-order valence-electron chi connectivity index (χ0n) is 10.2. The Morgan fingerprint density at radius 2 is 2.30 bits per heavy atom. The third-order valence-corrected chi connectivity index (χ3v) is 4.69. The Morgan fingerprint density at radius 3 is 3.10 bits per heavy atom. The standard InChI is InChI=1S/C13H10Cl2N2O2S/c14-9-2-1-7(3-10(9)15)4-16-12(18)8-5-19-13-11(8)20-6-17-13/h1-3,6,8H,4-5H2,(H,16,18). The van der Waals surface area contributed by atoms with Crippen molar-refractivity contribution in [2.45, 2.75) is 12.5 Å². The molecule has 1 aliphatic rings. The molecular weight excluding hydrogens is 319 g/mol. The van der Waals surface area contributed by atoms with E-state index in [4.69, 9.17) is 27.9 Å². The van der Waals surface area contributed by atoms with Crippen LogP contribution >= 0.6 is 34.5 Å². The third kappa shape index (κ3) is 2.61. The minimum absolute atomic E-state index is 0.0703. The average molecular weight is 329 g/mol. The van der Waals surface area contributed by atoms with Crippen LogP contribution in [0.3, 0.4) is 0 Å². The zero-order valence-corrected chi connectivity index (χ0v) is 12.6. The van der Waals surface area contributed by atoms with Crippen molar-refractivity contribution in [2.75, 3.05) is 6.61 Å². The number of hydrogen-bond acceptors (Lipinski definition) is 4. The van der Waals surface area contributed by atoms with Gasteiger partial charge in [-0.05, 0) is 17.7 Å². The van der Waals surface area contributed by atoms with E-state index in [1.54, 1.807) is 17.6 Å². The normalized spacial score (nSPS) is 16.6. The van der Waals surface area contributed by atoms with Crippen molar-refractivity contribution in [3.63, 3.8) is 0 Å². The molecule has 1 aromatic heterocycles. The molecule has 0 spiro atoms. The highest BCUT2D eigenvalue weighted by atomic mass is 35.5. The number of fused-ring (bicyclic) bond motifs is 1. The first-order valence-corrected chi connectivity index (χ1v) is 7.56. The Kier molecular flexibility index (Phi) is 3.83. The van der Waals surface area contributed by atoms with Gasteiger partial charge in [0.1, 0.15) is 12.5 Å². The van der Waals surface area contributed by atoms with E-state index in [0.29, 0.717) is 29.1 Å². The van der Waals surface area contributed by atoms with Gasteiger partial charge in [0.25, 0.3) is 0 Å². The number of amides is 1. The fraction of sp³-hybridized carbons (Fsp3) is 0.231. The van der Waals surface area contributed by atoms with Crippen LogP contribution in [-0.2, 0) is 11.3 Å². The topological polar surface area (TPSA) is 51.2 Å². The molecule has 1 amide bonds. The molecule has 20 heavy (non-hydrogen) atoms. The van der Waals surface area contributed by atoms with Gasteiger partial charge in [-0.1, -0.05) is 29.3 Å². The third-order valence-electron chi connectivity index (χ3n) is 3.03. The Balaban J connectivity index is 1.64. The van der Waals surface area contributed by atoms with E-state index < -0.39 is 0 Å². The maximum atomic E-state index is 12.2. The summed E-state index contributed by atoms with van der Waals surface area (Å²) in [5.74, 6) is 0.226. The Labute approximate surface area is 129 Å². The van der Waals surface area contributed by atoms with Crippen LogP contribution < -0.4 is 10.1 Å². The molecule has 1 atom stereocenters. The van der Waals surface area contributed by atoms with Gasteiger partial charge < -0.3 is 10.1 Å². The van der Waals surface area contributed by atoms with Crippen molar-refractivity contribution in [1.82, 2.24) is 10.3 Å². The molecule has 4 nitrogen and oxygen atoms in total. The van der Waals surface area contributed by atoms with Gasteiger partial charge in [0, 0.05) is 6.54 Å². The molecule has 0 bridgehead atoms. The van der Waals surface area contributed by atoms with Gasteiger partial charge in [-0.2, -0.15) is 0 Å². The van der Waals surface area contributed by atoms with Crippen molar-refractivity contribution < 1.29 is 9.53 Å². The fourth-order valence-corrected chi connectivity index (χ4v) is 3.11. The monoisotopic (exact) mass is 328 g/mol. The molecule has 1 aliphatic heterocycles. The first-order valence-electron chi connectivity index (χ1n) is 5.93.